The summed E-state index contributed by atoms with van der Waals surface area (Å²) in [5, 5.41) is 8.19. The Labute approximate surface area is 190 Å². The van der Waals surface area contributed by atoms with Crippen LogP contribution in [-0.2, 0) is 6.42 Å². The predicted octanol–water partition coefficient (Wildman–Crippen LogP) is 5.62. The van der Waals surface area contributed by atoms with E-state index in [1.807, 2.05) is 42.5 Å². The van der Waals surface area contributed by atoms with Crippen molar-refractivity contribution >= 4 is 46.3 Å². The second-order valence-electron chi connectivity index (χ2n) is 7.33. The Hall–Kier alpha value is -3.09. The number of carbonyl (C=O) groups is 1. The van der Waals surface area contributed by atoms with Gasteiger partial charge in [-0.05, 0) is 48.4 Å². The van der Waals surface area contributed by atoms with Crippen molar-refractivity contribution < 1.29 is 9.53 Å². The van der Waals surface area contributed by atoms with Crippen LogP contribution in [0.25, 0.3) is 16.0 Å². The van der Waals surface area contributed by atoms with Gasteiger partial charge in [0.1, 0.15) is 5.75 Å². The van der Waals surface area contributed by atoms with Gasteiger partial charge in [-0.15, -0.1) is 11.3 Å². The van der Waals surface area contributed by atoms with Gasteiger partial charge in [-0.1, -0.05) is 29.8 Å². The Morgan fingerprint density at radius 1 is 1.26 bits per heavy atom. The SMILES string of the molecule is CC(N)=C(C=N)c1ccc2c(c1)OCCc1cc(C(=O)N(C)c3ccccc3Cl)sc1-2. The number of hydrogen-bond acceptors (Lipinski definition) is 5. The molecule has 0 radical (unpaired) electrons. The van der Waals surface area contributed by atoms with Crippen LogP contribution in [0.5, 0.6) is 5.75 Å². The first-order valence-corrected chi connectivity index (χ1v) is 11.0. The monoisotopic (exact) mass is 451 g/mol. The highest BCUT2D eigenvalue weighted by Crippen LogP contribution is 2.42. The minimum atomic E-state index is -0.0990. The largest absolute Gasteiger partial charge is 0.493 e. The zero-order valence-corrected chi connectivity index (χ0v) is 18.8. The summed E-state index contributed by atoms with van der Waals surface area (Å²) < 4.78 is 5.99. The van der Waals surface area contributed by atoms with Gasteiger partial charge in [0.2, 0.25) is 0 Å². The average molecular weight is 452 g/mol. The summed E-state index contributed by atoms with van der Waals surface area (Å²) in [4.78, 5) is 16.4. The molecule has 31 heavy (non-hydrogen) atoms. The Balaban J connectivity index is 1.72. The molecule has 1 aromatic heterocycles. The molecule has 158 valence electrons. The molecule has 1 aliphatic rings. The van der Waals surface area contributed by atoms with Crippen LogP contribution in [-0.4, -0.2) is 25.8 Å². The molecule has 4 rings (SSSR count). The van der Waals surface area contributed by atoms with Gasteiger partial charge < -0.3 is 20.8 Å². The summed E-state index contributed by atoms with van der Waals surface area (Å²) in [6, 6.07) is 15.1. The lowest BCUT2D eigenvalue weighted by Crippen LogP contribution is -2.25. The normalized spacial score (nSPS) is 13.3. The summed E-state index contributed by atoms with van der Waals surface area (Å²) in [7, 11) is 1.73. The van der Waals surface area contributed by atoms with Crippen LogP contribution < -0.4 is 15.4 Å². The fourth-order valence-corrected chi connectivity index (χ4v) is 5.12. The Morgan fingerprint density at radius 2 is 2.03 bits per heavy atom. The van der Waals surface area contributed by atoms with E-state index in [4.69, 9.17) is 27.5 Å². The third-order valence-electron chi connectivity index (χ3n) is 5.27. The highest BCUT2D eigenvalue weighted by Gasteiger charge is 2.24. The molecule has 0 spiro atoms. The van der Waals surface area contributed by atoms with Gasteiger partial charge in [-0.2, -0.15) is 0 Å². The van der Waals surface area contributed by atoms with Crippen molar-refractivity contribution in [2.75, 3.05) is 18.6 Å². The van der Waals surface area contributed by atoms with Gasteiger partial charge in [0, 0.05) is 41.4 Å². The third-order valence-corrected chi connectivity index (χ3v) is 6.79. The maximum Gasteiger partial charge on any atom is 0.268 e. The van der Waals surface area contributed by atoms with Crippen molar-refractivity contribution in [3.63, 3.8) is 0 Å². The van der Waals surface area contributed by atoms with E-state index in [-0.39, 0.29) is 5.91 Å². The number of nitrogens with two attached hydrogens (primary N) is 1. The smallest absolute Gasteiger partial charge is 0.268 e. The third kappa shape index (κ3) is 3.96. The number of carbonyl (C=O) groups excluding carboxylic acids is 1. The minimum Gasteiger partial charge on any atom is -0.493 e. The van der Waals surface area contributed by atoms with Crippen LogP contribution in [0.1, 0.15) is 27.7 Å². The van der Waals surface area contributed by atoms with E-state index >= 15 is 0 Å². The number of halogens is 1. The van der Waals surface area contributed by atoms with Crippen LogP contribution in [0.15, 0.2) is 54.2 Å². The first-order valence-electron chi connectivity index (χ1n) is 9.80. The summed E-state index contributed by atoms with van der Waals surface area (Å²) in [5.41, 5.74) is 10.7. The molecule has 0 unspecified atom stereocenters. The number of nitrogens with one attached hydrogen (secondary N) is 1. The summed E-state index contributed by atoms with van der Waals surface area (Å²) in [6.45, 7) is 2.29. The summed E-state index contributed by atoms with van der Waals surface area (Å²) >= 11 is 7.74. The molecule has 5 nitrogen and oxygen atoms in total. The van der Waals surface area contributed by atoms with Gasteiger partial charge in [0.15, 0.2) is 0 Å². The molecule has 2 aromatic carbocycles. The molecule has 3 aromatic rings. The lowest BCUT2D eigenvalue weighted by Gasteiger charge is -2.17. The fraction of sp³-hybridized carbons (Fsp3) is 0.167. The minimum absolute atomic E-state index is 0.0990. The van der Waals surface area contributed by atoms with E-state index in [2.05, 4.69) is 0 Å². The lowest BCUT2D eigenvalue weighted by atomic mass is 10.0. The van der Waals surface area contributed by atoms with Gasteiger partial charge in [0.25, 0.3) is 5.91 Å². The molecule has 0 fully saturated rings. The van der Waals surface area contributed by atoms with E-state index in [1.54, 1.807) is 24.9 Å². The molecule has 1 amide bonds. The maximum atomic E-state index is 13.2. The summed E-state index contributed by atoms with van der Waals surface area (Å²) in [6.07, 6.45) is 1.97. The van der Waals surface area contributed by atoms with Crippen molar-refractivity contribution in [3.05, 3.63) is 75.3 Å². The van der Waals surface area contributed by atoms with Crippen molar-refractivity contribution in [1.82, 2.24) is 0 Å². The van der Waals surface area contributed by atoms with Crippen molar-refractivity contribution in [2.24, 2.45) is 5.73 Å². The van der Waals surface area contributed by atoms with Crippen molar-refractivity contribution in [3.8, 4) is 16.2 Å². The number of rotatable bonds is 4. The number of fused-ring (bicyclic) bond motifs is 3. The van der Waals surface area contributed by atoms with Gasteiger partial charge >= 0.3 is 0 Å². The number of allylic oxidation sites excluding steroid dienone is 2. The summed E-state index contributed by atoms with van der Waals surface area (Å²) in [5.74, 6) is 0.634. The van der Waals surface area contributed by atoms with Crippen LogP contribution in [0.3, 0.4) is 0 Å². The predicted molar refractivity (Wildman–Crippen MR) is 129 cm³/mol. The van der Waals surface area contributed by atoms with Crippen LogP contribution in [0.4, 0.5) is 5.69 Å². The zero-order valence-electron chi connectivity index (χ0n) is 17.2. The number of thiophene rings is 1. The van der Waals surface area contributed by atoms with Gasteiger partial charge in [-0.3, -0.25) is 4.79 Å². The first-order chi connectivity index (χ1) is 14.9. The lowest BCUT2D eigenvalue weighted by molar-refractivity contribution is 0.0996. The number of benzene rings is 2. The highest BCUT2D eigenvalue weighted by molar-refractivity contribution is 7.17. The molecule has 1 aliphatic heterocycles. The van der Waals surface area contributed by atoms with Crippen molar-refractivity contribution in [2.45, 2.75) is 13.3 Å². The number of para-hydroxylation sites is 1. The first kappa shape index (κ1) is 21.2. The molecule has 2 heterocycles. The van der Waals surface area contributed by atoms with E-state index in [1.165, 1.54) is 17.6 Å². The standard InChI is InChI=1S/C24H22ClN3O2S/c1-14(27)18(13-26)15-7-8-17-21(11-15)30-10-9-16-12-22(31-23(16)17)24(29)28(2)20-6-4-3-5-19(20)25/h3-8,11-13,26H,9-10,27H2,1-2H3. The number of amides is 1. The molecule has 0 saturated heterocycles. The average Bonchev–Trinajstić information content (AvgIpc) is 3.10. The molecule has 0 saturated carbocycles. The van der Waals surface area contributed by atoms with Crippen LogP contribution in [0.2, 0.25) is 5.02 Å². The van der Waals surface area contributed by atoms with E-state index in [9.17, 15) is 4.79 Å². The second-order valence-corrected chi connectivity index (χ2v) is 8.79. The van der Waals surface area contributed by atoms with Crippen LogP contribution >= 0.6 is 22.9 Å². The number of ether oxygens (including phenoxy) is 1. The second kappa shape index (κ2) is 8.57. The van der Waals surface area contributed by atoms with E-state index < -0.39 is 0 Å². The topological polar surface area (TPSA) is 79.4 Å². The quantitative estimate of drug-likeness (QED) is 0.505. The van der Waals surface area contributed by atoms with Crippen LogP contribution in [0, 0.1) is 5.41 Å². The fourth-order valence-electron chi connectivity index (χ4n) is 3.64. The Kier molecular flexibility index (Phi) is 5.85. The Bertz CT molecular complexity index is 1210. The molecular weight excluding hydrogens is 430 g/mol. The maximum absolute atomic E-state index is 13.2. The molecule has 3 N–H and O–H groups in total. The molecule has 0 aliphatic carbocycles. The van der Waals surface area contributed by atoms with Gasteiger partial charge in [0.05, 0.1) is 22.2 Å². The van der Waals surface area contributed by atoms with Gasteiger partial charge in [-0.25, -0.2) is 0 Å². The zero-order chi connectivity index (χ0) is 22.1. The number of anilines is 1. The highest BCUT2D eigenvalue weighted by atomic mass is 35.5. The molecule has 7 heteroatoms. The number of hydrogen-bond donors (Lipinski definition) is 2. The molecule has 0 atom stereocenters. The van der Waals surface area contributed by atoms with E-state index in [0.717, 1.165) is 27.3 Å². The Morgan fingerprint density at radius 3 is 2.74 bits per heavy atom. The van der Waals surface area contributed by atoms with E-state index in [0.29, 0.717) is 39.9 Å². The molecular formula is C24H22ClN3O2S. The number of nitrogens with zero attached hydrogens (tertiary/aromatic N) is 1. The van der Waals surface area contributed by atoms with Crippen molar-refractivity contribution in [1.29, 1.82) is 5.41 Å². The molecule has 0 bridgehead atoms.